The van der Waals surface area contributed by atoms with Gasteiger partial charge in [0.2, 0.25) is 5.78 Å². The van der Waals surface area contributed by atoms with E-state index in [2.05, 4.69) is 15.5 Å². The number of anilines is 1. The third-order valence-corrected chi connectivity index (χ3v) is 5.98. The number of nitrogens with zero attached hydrogens (tertiary/aromatic N) is 5. The fourth-order valence-corrected chi connectivity index (χ4v) is 4.44. The van der Waals surface area contributed by atoms with Gasteiger partial charge in [0.15, 0.2) is 5.82 Å². The highest BCUT2D eigenvalue weighted by molar-refractivity contribution is 5.94. The summed E-state index contributed by atoms with van der Waals surface area (Å²) >= 11 is 0. The Morgan fingerprint density at radius 1 is 1.06 bits per heavy atom. The van der Waals surface area contributed by atoms with Crippen LogP contribution in [-0.2, 0) is 18.3 Å². The largest absolute Gasteiger partial charge is 0.378 e. The summed E-state index contributed by atoms with van der Waals surface area (Å²) in [6.45, 7) is 5.57. The Kier molecular flexibility index (Phi) is 5.33. The quantitative estimate of drug-likeness (QED) is 0.518. The molecule has 3 heterocycles. The van der Waals surface area contributed by atoms with E-state index >= 15 is 0 Å². The molecule has 0 radical (unpaired) electrons. The van der Waals surface area contributed by atoms with Crippen molar-refractivity contribution < 1.29 is 9.53 Å². The molecule has 1 aliphatic heterocycles. The van der Waals surface area contributed by atoms with Gasteiger partial charge in [0.05, 0.1) is 29.7 Å². The highest BCUT2D eigenvalue weighted by Crippen LogP contribution is 2.18. The van der Waals surface area contributed by atoms with Gasteiger partial charge in [-0.2, -0.15) is 0 Å². The molecular formula is C24H26N6O3. The van der Waals surface area contributed by atoms with E-state index < -0.39 is 0 Å². The molecule has 1 amide bonds. The summed E-state index contributed by atoms with van der Waals surface area (Å²) in [6.07, 6.45) is 0.0689. The number of benzene rings is 2. The fraction of sp³-hybridized carbons (Fsp3) is 0.333. The Morgan fingerprint density at radius 3 is 2.48 bits per heavy atom. The van der Waals surface area contributed by atoms with Crippen LogP contribution in [0.25, 0.3) is 16.7 Å². The maximum atomic E-state index is 12.9. The number of hydrogen-bond acceptors (Lipinski definition) is 6. The first kappa shape index (κ1) is 21.1. The van der Waals surface area contributed by atoms with Gasteiger partial charge in [0.1, 0.15) is 0 Å². The predicted octanol–water partition coefficient (Wildman–Crippen LogP) is 2.44. The van der Waals surface area contributed by atoms with E-state index in [1.54, 1.807) is 13.1 Å². The maximum absolute atomic E-state index is 12.9. The van der Waals surface area contributed by atoms with Gasteiger partial charge in [-0.1, -0.05) is 12.1 Å². The van der Waals surface area contributed by atoms with E-state index in [4.69, 9.17) is 4.74 Å². The number of morpholine rings is 1. The summed E-state index contributed by atoms with van der Waals surface area (Å²) in [5, 5.41) is 12.5. The lowest BCUT2D eigenvalue weighted by Crippen LogP contribution is -2.48. The van der Waals surface area contributed by atoms with E-state index in [-0.39, 0.29) is 23.7 Å². The molecule has 1 aliphatic rings. The van der Waals surface area contributed by atoms with Crippen LogP contribution in [0.2, 0.25) is 0 Å². The fourth-order valence-electron chi connectivity index (χ4n) is 4.44. The molecule has 0 saturated carbocycles. The van der Waals surface area contributed by atoms with Crippen LogP contribution in [0.3, 0.4) is 0 Å². The molecule has 0 spiro atoms. The minimum atomic E-state index is -0.102. The van der Waals surface area contributed by atoms with Gasteiger partial charge in [0.25, 0.3) is 11.5 Å². The Labute approximate surface area is 190 Å². The van der Waals surface area contributed by atoms with Crippen molar-refractivity contribution in [2.75, 3.05) is 18.4 Å². The first-order chi connectivity index (χ1) is 15.9. The molecule has 2 atom stereocenters. The van der Waals surface area contributed by atoms with Crippen molar-refractivity contribution in [1.29, 1.82) is 0 Å². The molecule has 5 rings (SSSR count). The lowest BCUT2D eigenvalue weighted by Gasteiger charge is -2.35. The van der Waals surface area contributed by atoms with Crippen molar-refractivity contribution in [3.8, 4) is 0 Å². The van der Waals surface area contributed by atoms with Gasteiger partial charge in [-0.3, -0.25) is 18.6 Å². The summed E-state index contributed by atoms with van der Waals surface area (Å²) in [6, 6.07) is 14.9. The Bertz CT molecular complexity index is 1380. The third kappa shape index (κ3) is 3.84. The first-order valence-electron chi connectivity index (χ1n) is 11.0. The number of fused-ring (bicyclic) bond motifs is 3. The average Bonchev–Trinajstić information content (AvgIpc) is 3.25. The zero-order valence-corrected chi connectivity index (χ0v) is 18.9. The molecule has 2 unspecified atom stereocenters. The third-order valence-electron chi connectivity index (χ3n) is 5.98. The second-order valence-electron chi connectivity index (χ2n) is 8.53. The summed E-state index contributed by atoms with van der Waals surface area (Å²) in [7, 11) is 1.70. The normalized spacial score (nSPS) is 18.7. The van der Waals surface area contributed by atoms with E-state index in [1.807, 2.05) is 65.6 Å². The van der Waals surface area contributed by atoms with Crippen molar-refractivity contribution in [2.45, 2.75) is 32.6 Å². The molecule has 0 bridgehead atoms. The highest BCUT2D eigenvalue weighted by Gasteiger charge is 2.26. The number of aromatic nitrogens is 4. The Hall–Kier alpha value is -3.72. The number of aryl methyl sites for hydroxylation is 1. The molecule has 1 saturated heterocycles. The molecule has 33 heavy (non-hydrogen) atoms. The highest BCUT2D eigenvalue weighted by atomic mass is 16.5. The zero-order valence-electron chi connectivity index (χ0n) is 18.9. The van der Waals surface area contributed by atoms with Crippen LogP contribution in [0.15, 0.2) is 53.3 Å². The molecule has 9 heteroatoms. The second-order valence-corrected chi connectivity index (χ2v) is 8.53. The van der Waals surface area contributed by atoms with Gasteiger partial charge >= 0.3 is 0 Å². The van der Waals surface area contributed by atoms with Gasteiger partial charge in [-0.15, -0.1) is 10.2 Å². The van der Waals surface area contributed by atoms with E-state index in [9.17, 15) is 9.59 Å². The Balaban J connectivity index is 1.35. The molecule has 170 valence electrons. The maximum Gasteiger partial charge on any atom is 0.262 e. The predicted molar refractivity (Wildman–Crippen MR) is 125 cm³/mol. The van der Waals surface area contributed by atoms with E-state index in [1.165, 1.54) is 4.57 Å². The standard InChI is InChI=1S/C24H26N6O3/c1-15-13-29(14-16(2)33-15)22(31)17-8-10-18(11-9-17)25-12-21-26-27-24-28(3)23(32)19-6-4-5-7-20(19)30(21)24/h4-11,15-16,25H,12-14H2,1-3H3. The van der Waals surface area contributed by atoms with Crippen LogP contribution in [0.4, 0.5) is 5.69 Å². The molecule has 2 aromatic heterocycles. The summed E-state index contributed by atoms with van der Waals surface area (Å²) in [4.78, 5) is 27.3. The van der Waals surface area contributed by atoms with Crippen LogP contribution < -0.4 is 10.9 Å². The minimum absolute atomic E-state index is 0.0133. The topological polar surface area (TPSA) is 93.8 Å². The molecule has 1 fully saturated rings. The van der Waals surface area contributed by atoms with Crippen molar-refractivity contribution in [3.63, 3.8) is 0 Å². The van der Waals surface area contributed by atoms with Gasteiger partial charge in [-0.25, -0.2) is 0 Å². The molecule has 2 aromatic carbocycles. The van der Waals surface area contributed by atoms with Crippen molar-refractivity contribution >= 4 is 28.3 Å². The number of ether oxygens (including phenoxy) is 1. The lowest BCUT2D eigenvalue weighted by molar-refractivity contribution is -0.0586. The molecule has 4 aromatic rings. The molecule has 0 aliphatic carbocycles. The average molecular weight is 447 g/mol. The number of para-hydroxylation sites is 1. The van der Waals surface area contributed by atoms with Crippen molar-refractivity contribution in [3.05, 3.63) is 70.3 Å². The number of rotatable bonds is 4. The van der Waals surface area contributed by atoms with E-state index in [0.29, 0.717) is 42.2 Å². The number of carbonyl (C=O) groups is 1. The molecular weight excluding hydrogens is 420 g/mol. The van der Waals surface area contributed by atoms with Crippen LogP contribution in [0, 0.1) is 0 Å². The number of amides is 1. The van der Waals surface area contributed by atoms with Gasteiger partial charge < -0.3 is 15.0 Å². The molecule has 9 nitrogen and oxygen atoms in total. The van der Waals surface area contributed by atoms with Crippen molar-refractivity contribution in [2.24, 2.45) is 7.05 Å². The van der Waals surface area contributed by atoms with Crippen molar-refractivity contribution in [1.82, 2.24) is 24.1 Å². The minimum Gasteiger partial charge on any atom is -0.378 e. The Morgan fingerprint density at radius 2 is 1.76 bits per heavy atom. The summed E-state index contributed by atoms with van der Waals surface area (Å²) in [5.41, 5.74) is 2.18. The number of carbonyl (C=O) groups excluding carboxylic acids is 1. The van der Waals surface area contributed by atoms with Crippen LogP contribution in [0.1, 0.15) is 30.0 Å². The van der Waals surface area contributed by atoms with Gasteiger partial charge in [-0.05, 0) is 50.2 Å². The SMILES string of the molecule is CC1CN(C(=O)c2ccc(NCc3nnc4n(C)c(=O)c5ccccc5n34)cc2)CC(C)O1. The van der Waals surface area contributed by atoms with E-state index in [0.717, 1.165) is 11.2 Å². The van der Waals surface area contributed by atoms with Crippen LogP contribution in [0.5, 0.6) is 0 Å². The zero-order chi connectivity index (χ0) is 23.1. The van der Waals surface area contributed by atoms with Crippen LogP contribution >= 0.6 is 0 Å². The first-order valence-corrected chi connectivity index (χ1v) is 11.0. The second kappa shape index (κ2) is 8.32. The lowest BCUT2D eigenvalue weighted by atomic mass is 10.1. The van der Waals surface area contributed by atoms with Gasteiger partial charge in [0, 0.05) is 31.4 Å². The van der Waals surface area contributed by atoms with Crippen LogP contribution in [-0.4, -0.2) is 55.3 Å². The molecule has 1 N–H and O–H groups in total. The summed E-state index contributed by atoms with van der Waals surface area (Å²) < 4.78 is 9.12. The monoisotopic (exact) mass is 446 g/mol. The number of hydrogen-bond donors (Lipinski definition) is 1. The number of nitrogens with one attached hydrogen (secondary N) is 1. The smallest absolute Gasteiger partial charge is 0.262 e. The summed E-state index contributed by atoms with van der Waals surface area (Å²) in [5.74, 6) is 1.19.